The van der Waals surface area contributed by atoms with Crippen molar-refractivity contribution in [1.29, 1.82) is 0 Å². The molecule has 3 rings (SSSR count). The van der Waals surface area contributed by atoms with E-state index < -0.39 is 17.8 Å². The third-order valence-electron chi connectivity index (χ3n) is 4.66. The highest BCUT2D eigenvalue weighted by atomic mass is 16.5. The number of azo groups is 1. The number of amides is 2. The number of hydrogen-bond acceptors (Lipinski definition) is 7. The first-order valence-electron chi connectivity index (χ1n) is 9.85. The Kier molecular flexibility index (Phi) is 7.53. The molecule has 0 aliphatic heterocycles. The molecule has 0 fully saturated rings. The monoisotopic (exact) mass is 450 g/mol. The second-order valence-corrected chi connectivity index (χ2v) is 6.74. The van der Waals surface area contributed by atoms with E-state index in [1.54, 1.807) is 42.5 Å². The summed E-state index contributed by atoms with van der Waals surface area (Å²) >= 11 is 0. The van der Waals surface area contributed by atoms with Gasteiger partial charge in [0.2, 0.25) is 11.8 Å². The van der Waals surface area contributed by atoms with Crippen molar-refractivity contribution in [2.75, 3.05) is 20.8 Å². The molecule has 0 atom stereocenters. The molecule has 2 aromatic carbocycles. The van der Waals surface area contributed by atoms with Crippen molar-refractivity contribution in [2.24, 2.45) is 10.2 Å². The van der Waals surface area contributed by atoms with E-state index in [9.17, 15) is 19.5 Å². The highest BCUT2D eigenvalue weighted by molar-refractivity contribution is 5.97. The van der Waals surface area contributed by atoms with Crippen molar-refractivity contribution < 1.29 is 29.0 Å². The average Bonchev–Trinajstić information content (AvgIpc) is 3.10. The molecule has 0 aliphatic rings. The first kappa shape index (κ1) is 23.2. The Hall–Kier alpha value is -4.47. The van der Waals surface area contributed by atoms with Gasteiger partial charge in [-0.2, -0.15) is 0 Å². The van der Waals surface area contributed by atoms with Crippen molar-refractivity contribution in [3.8, 4) is 11.6 Å². The zero-order valence-electron chi connectivity index (χ0n) is 18.0. The van der Waals surface area contributed by atoms with Gasteiger partial charge < -0.3 is 19.9 Å². The average molecular weight is 450 g/mol. The van der Waals surface area contributed by atoms with E-state index in [-0.39, 0.29) is 24.7 Å². The van der Waals surface area contributed by atoms with Crippen LogP contribution in [0.1, 0.15) is 5.56 Å². The van der Waals surface area contributed by atoms with E-state index in [2.05, 4.69) is 20.3 Å². The summed E-state index contributed by atoms with van der Waals surface area (Å²) in [5.74, 6) is -1.51. The maximum absolute atomic E-state index is 12.1. The summed E-state index contributed by atoms with van der Waals surface area (Å²) in [5, 5.41) is 20.8. The number of aromatic hydroxyl groups is 1. The number of carbonyl (C=O) groups is 3. The zero-order chi connectivity index (χ0) is 23.8. The second-order valence-electron chi connectivity index (χ2n) is 6.74. The van der Waals surface area contributed by atoms with Gasteiger partial charge in [0.1, 0.15) is 18.8 Å². The van der Waals surface area contributed by atoms with Crippen LogP contribution in [0.15, 0.2) is 64.8 Å². The summed E-state index contributed by atoms with van der Waals surface area (Å²) in [7, 11) is 2.77. The van der Waals surface area contributed by atoms with Gasteiger partial charge in [-0.3, -0.25) is 19.0 Å². The Morgan fingerprint density at radius 1 is 1.09 bits per heavy atom. The third kappa shape index (κ3) is 5.62. The summed E-state index contributed by atoms with van der Waals surface area (Å²) in [4.78, 5) is 35.8. The van der Waals surface area contributed by atoms with Crippen LogP contribution in [-0.2, 0) is 25.7 Å². The molecule has 0 bridgehead atoms. The molecule has 3 aromatic rings. The largest absolute Gasteiger partial charge is 0.496 e. The van der Waals surface area contributed by atoms with E-state index in [1.165, 1.54) is 24.9 Å². The molecule has 170 valence electrons. The lowest BCUT2D eigenvalue weighted by Crippen LogP contribution is -2.26. The number of hydrogen-bond donors (Lipinski definition) is 2. The summed E-state index contributed by atoms with van der Waals surface area (Å²) in [6.45, 7) is -0.624. The summed E-state index contributed by atoms with van der Waals surface area (Å²) in [6.07, 6.45) is 2.84. The van der Waals surface area contributed by atoms with Crippen molar-refractivity contribution in [3.05, 3.63) is 60.2 Å². The number of nitrogens with one attached hydrogen (secondary N) is 1. The number of esters is 1. The molecule has 0 saturated heterocycles. The van der Waals surface area contributed by atoms with E-state index in [4.69, 9.17) is 4.74 Å². The lowest BCUT2D eigenvalue weighted by molar-refractivity contribution is -0.141. The number of fused-ring (bicyclic) bond motifs is 1. The SMILES string of the molecule is COC(=O)Cn1c(O)c(N=NC(=O)CNC(=O)/C=C/c2ccccc2OC)c2ccccc21. The molecule has 10 heteroatoms. The van der Waals surface area contributed by atoms with Gasteiger partial charge in [0.15, 0.2) is 5.69 Å². The van der Waals surface area contributed by atoms with Crippen LogP contribution < -0.4 is 10.1 Å². The van der Waals surface area contributed by atoms with E-state index >= 15 is 0 Å². The number of para-hydroxylation sites is 2. The predicted octanol–water partition coefficient (Wildman–Crippen LogP) is 2.97. The molecule has 33 heavy (non-hydrogen) atoms. The number of rotatable bonds is 8. The smallest absolute Gasteiger partial charge is 0.325 e. The Morgan fingerprint density at radius 3 is 2.58 bits per heavy atom. The Morgan fingerprint density at radius 2 is 1.82 bits per heavy atom. The van der Waals surface area contributed by atoms with Crippen LogP contribution in [0.25, 0.3) is 17.0 Å². The molecule has 0 spiro atoms. The van der Waals surface area contributed by atoms with Gasteiger partial charge in [-0.15, -0.1) is 10.2 Å². The topological polar surface area (TPSA) is 132 Å². The Bertz CT molecular complexity index is 1240. The van der Waals surface area contributed by atoms with Gasteiger partial charge in [0.05, 0.1) is 19.7 Å². The van der Waals surface area contributed by atoms with Crippen LogP contribution in [0, 0.1) is 0 Å². The summed E-state index contributed by atoms with van der Waals surface area (Å²) in [5.41, 5.74) is 1.27. The first-order chi connectivity index (χ1) is 15.9. The summed E-state index contributed by atoms with van der Waals surface area (Å²) < 4.78 is 11.2. The minimum absolute atomic E-state index is 0.0326. The zero-order valence-corrected chi connectivity index (χ0v) is 18.0. The van der Waals surface area contributed by atoms with Gasteiger partial charge >= 0.3 is 5.97 Å². The minimum atomic E-state index is -0.724. The third-order valence-corrected chi connectivity index (χ3v) is 4.66. The van der Waals surface area contributed by atoms with Gasteiger partial charge in [-0.25, -0.2) is 0 Å². The molecule has 1 heterocycles. The molecule has 0 saturated carbocycles. The molecule has 0 aliphatic carbocycles. The number of benzene rings is 2. The molecular formula is C23H22N4O6. The summed E-state index contributed by atoms with van der Waals surface area (Å²) in [6, 6.07) is 14.0. The highest BCUT2D eigenvalue weighted by Gasteiger charge is 2.18. The van der Waals surface area contributed by atoms with Gasteiger partial charge in [-0.1, -0.05) is 36.4 Å². The Labute approximate surface area is 189 Å². The fraction of sp³-hybridized carbons (Fsp3) is 0.174. The minimum Gasteiger partial charge on any atom is -0.496 e. The van der Waals surface area contributed by atoms with Crippen LogP contribution >= 0.6 is 0 Å². The molecule has 2 N–H and O–H groups in total. The van der Waals surface area contributed by atoms with Gasteiger partial charge in [0.25, 0.3) is 5.91 Å². The van der Waals surface area contributed by atoms with Gasteiger partial charge in [0, 0.05) is 17.0 Å². The van der Waals surface area contributed by atoms with Crippen molar-refractivity contribution in [1.82, 2.24) is 9.88 Å². The molecule has 10 nitrogen and oxygen atoms in total. The van der Waals surface area contributed by atoms with E-state index in [1.807, 2.05) is 12.1 Å². The normalized spacial score (nSPS) is 11.2. The lowest BCUT2D eigenvalue weighted by Gasteiger charge is -2.04. The second kappa shape index (κ2) is 10.7. The van der Waals surface area contributed by atoms with Crippen molar-refractivity contribution in [2.45, 2.75) is 6.54 Å². The molecule has 2 amide bonds. The fourth-order valence-corrected chi connectivity index (χ4v) is 3.06. The van der Waals surface area contributed by atoms with Crippen LogP contribution in [-0.4, -0.2) is 48.2 Å². The molecule has 0 unspecified atom stereocenters. The van der Waals surface area contributed by atoms with Crippen LogP contribution in [0.2, 0.25) is 0 Å². The number of ether oxygens (including phenoxy) is 2. The predicted molar refractivity (Wildman–Crippen MR) is 120 cm³/mol. The van der Waals surface area contributed by atoms with Crippen LogP contribution in [0.3, 0.4) is 0 Å². The van der Waals surface area contributed by atoms with Crippen LogP contribution in [0.5, 0.6) is 11.6 Å². The first-order valence-corrected chi connectivity index (χ1v) is 9.85. The van der Waals surface area contributed by atoms with Crippen LogP contribution in [0.4, 0.5) is 5.69 Å². The van der Waals surface area contributed by atoms with Gasteiger partial charge in [-0.05, 0) is 18.2 Å². The standard InChI is InChI=1S/C23H22N4O6/c1-32-18-10-6-3-7-15(18)11-12-19(28)24-13-20(29)25-26-22-16-8-4-5-9-17(16)27(23(22)31)14-21(30)33-2/h3-12,31H,13-14H2,1-2H3,(H,24,28)/b12-11+,26-25?. The maximum atomic E-state index is 12.1. The number of aromatic nitrogens is 1. The molecule has 1 aromatic heterocycles. The van der Waals surface area contributed by atoms with E-state index in [0.29, 0.717) is 22.2 Å². The quantitative estimate of drug-likeness (QED) is 0.308. The van der Waals surface area contributed by atoms with Crippen molar-refractivity contribution in [3.63, 3.8) is 0 Å². The number of carbonyl (C=O) groups excluding carboxylic acids is 3. The molecule has 0 radical (unpaired) electrons. The van der Waals surface area contributed by atoms with E-state index in [0.717, 1.165) is 0 Å². The molecular weight excluding hydrogens is 428 g/mol. The fourth-order valence-electron chi connectivity index (χ4n) is 3.06. The van der Waals surface area contributed by atoms with Crippen molar-refractivity contribution >= 4 is 40.4 Å². The number of nitrogens with zero attached hydrogens (tertiary/aromatic N) is 3. The highest BCUT2D eigenvalue weighted by Crippen LogP contribution is 2.38. The Balaban J connectivity index is 1.67. The lowest BCUT2D eigenvalue weighted by atomic mass is 10.2. The number of methoxy groups -OCH3 is 2. The maximum Gasteiger partial charge on any atom is 0.325 e.